The second-order valence-corrected chi connectivity index (χ2v) is 10.3. The summed E-state index contributed by atoms with van der Waals surface area (Å²) < 4.78 is 24.4. The quantitative estimate of drug-likeness (QED) is 0.722. The molecule has 0 saturated carbocycles. The summed E-state index contributed by atoms with van der Waals surface area (Å²) in [5.74, 6) is -0.150. The van der Waals surface area contributed by atoms with E-state index in [4.69, 9.17) is 0 Å². The molecule has 2 aromatic rings. The van der Waals surface area contributed by atoms with Crippen LogP contribution in [0.25, 0.3) is 0 Å². The summed E-state index contributed by atoms with van der Waals surface area (Å²) in [6.45, 7) is 5.82. The van der Waals surface area contributed by atoms with Gasteiger partial charge < -0.3 is 5.32 Å². The Balaban J connectivity index is 0.00000300. The van der Waals surface area contributed by atoms with Gasteiger partial charge in [-0.3, -0.25) is 14.0 Å². The number of thiophene rings is 1. The molecule has 1 aromatic carbocycles. The highest BCUT2D eigenvalue weighted by Crippen LogP contribution is 2.35. The molecule has 2 atom stereocenters. The molecule has 1 aliphatic rings. The minimum atomic E-state index is -3.32. The van der Waals surface area contributed by atoms with Crippen molar-refractivity contribution in [2.24, 2.45) is 0 Å². The average molecular weight is 458 g/mol. The van der Waals surface area contributed by atoms with E-state index >= 15 is 0 Å². The Bertz CT molecular complexity index is 944. The smallest absolute Gasteiger partial charge is 0.251 e. The number of amides is 1. The van der Waals surface area contributed by atoms with Gasteiger partial charge in [0.05, 0.1) is 11.9 Å². The molecule has 160 valence electrons. The van der Waals surface area contributed by atoms with Crippen LogP contribution in [0.1, 0.15) is 40.7 Å². The van der Waals surface area contributed by atoms with Gasteiger partial charge in [0.2, 0.25) is 10.0 Å². The van der Waals surface area contributed by atoms with Gasteiger partial charge in [-0.2, -0.15) is 0 Å². The van der Waals surface area contributed by atoms with Crippen LogP contribution in [-0.4, -0.2) is 51.7 Å². The molecule has 0 aliphatic carbocycles. The molecule has 0 spiro atoms. The van der Waals surface area contributed by atoms with Crippen LogP contribution in [0.15, 0.2) is 35.7 Å². The van der Waals surface area contributed by atoms with E-state index in [1.807, 2.05) is 0 Å². The number of fused-ring (bicyclic) bond motifs is 1. The average Bonchev–Trinajstić information content (AvgIpc) is 3.11. The Kier molecular flexibility index (Phi) is 7.73. The summed E-state index contributed by atoms with van der Waals surface area (Å²) in [6.07, 6.45) is 2.20. The van der Waals surface area contributed by atoms with Crippen molar-refractivity contribution in [1.82, 2.24) is 10.2 Å². The molecule has 1 aromatic heterocycles. The van der Waals surface area contributed by atoms with Crippen molar-refractivity contribution in [2.75, 3.05) is 30.7 Å². The summed E-state index contributed by atoms with van der Waals surface area (Å²) in [4.78, 5) is 16.3. The summed E-state index contributed by atoms with van der Waals surface area (Å²) in [7, 11) is -1.82. The molecule has 0 radical (unpaired) electrons. The van der Waals surface area contributed by atoms with Crippen LogP contribution >= 0.6 is 23.7 Å². The van der Waals surface area contributed by atoms with Crippen molar-refractivity contribution < 1.29 is 13.2 Å². The lowest BCUT2D eigenvalue weighted by Crippen LogP contribution is -2.44. The van der Waals surface area contributed by atoms with E-state index in [-0.39, 0.29) is 18.3 Å². The first-order valence-electron chi connectivity index (χ1n) is 9.32. The fraction of sp³-hybridized carbons (Fsp3) is 0.450. The third-order valence-corrected chi connectivity index (χ3v) is 7.72. The van der Waals surface area contributed by atoms with Crippen molar-refractivity contribution in [3.8, 4) is 0 Å². The van der Waals surface area contributed by atoms with E-state index in [9.17, 15) is 13.2 Å². The zero-order chi connectivity index (χ0) is 20.5. The van der Waals surface area contributed by atoms with Crippen molar-refractivity contribution in [1.29, 1.82) is 0 Å². The van der Waals surface area contributed by atoms with Crippen LogP contribution in [0, 0.1) is 0 Å². The first-order valence-corrected chi connectivity index (χ1v) is 12.1. The zero-order valence-electron chi connectivity index (χ0n) is 17.1. The predicted octanol–water partition coefficient (Wildman–Crippen LogP) is 3.30. The number of hydrogen-bond donors (Lipinski definition) is 1. The lowest BCUT2D eigenvalue weighted by atomic mass is 9.97. The maximum absolute atomic E-state index is 12.4. The topological polar surface area (TPSA) is 69.7 Å². The number of halogens is 1. The number of sulfonamides is 1. The summed E-state index contributed by atoms with van der Waals surface area (Å²) in [5.41, 5.74) is 2.50. The van der Waals surface area contributed by atoms with E-state index in [0.29, 0.717) is 29.9 Å². The van der Waals surface area contributed by atoms with E-state index < -0.39 is 10.0 Å². The van der Waals surface area contributed by atoms with Gasteiger partial charge in [0.15, 0.2) is 0 Å². The molecule has 0 unspecified atom stereocenters. The van der Waals surface area contributed by atoms with Gasteiger partial charge in [-0.1, -0.05) is 0 Å². The third-order valence-electron chi connectivity index (χ3n) is 5.39. The SMILES string of the molecule is C[C@@H]1Cc2ccsc2[C@H](C)N1CCNC(=O)c1ccc(N(C)S(C)(=O)=O)cc1.Cl. The fourth-order valence-electron chi connectivity index (χ4n) is 3.68. The Hall–Kier alpha value is -1.61. The van der Waals surface area contributed by atoms with Crippen LogP contribution in [0.3, 0.4) is 0 Å². The van der Waals surface area contributed by atoms with Crippen LogP contribution < -0.4 is 9.62 Å². The first kappa shape index (κ1) is 23.7. The molecule has 1 amide bonds. The second kappa shape index (κ2) is 9.47. The highest BCUT2D eigenvalue weighted by atomic mass is 35.5. The highest BCUT2D eigenvalue weighted by molar-refractivity contribution is 7.92. The number of hydrogen-bond acceptors (Lipinski definition) is 5. The lowest BCUT2D eigenvalue weighted by Gasteiger charge is -2.38. The summed E-state index contributed by atoms with van der Waals surface area (Å²) in [5, 5.41) is 5.13. The van der Waals surface area contributed by atoms with Crippen molar-refractivity contribution >= 4 is 45.4 Å². The second-order valence-electron chi connectivity index (χ2n) is 7.31. The van der Waals surface area contributed by atoms with Gasteiger partial charge >= 0.3 is 0 Å². The zero-order valence-corrected chi connectivity index (χ0v) is 19.5. The molecular formula is C20H28ClN3O3S2. The molecule has 6 nitrogen and oxygen atoms in total. The van der Waals surface area contributed by atoms with Crippen LogP contribution in [0.5, 0.6) is 0 Å². The monoisotopic (exact) mass is 457 g/mol. The molecule has 0 bridgehead atoms. The predicted molar refractivity (Wildman–Crippen MR) is 122 cm³/mol. The van der Waals surface area contributed by atoms with Crippen LogP contribution in [0.2, 0.25) is 0 Å². The van der Waals surface area contributed by atoms with Crippen molar-refractivity contribution in [3.63, 3.8) is 0 Å². The lowest BCUT2D eigenvalue weighted by molar-refractivity contribution is 0.0930. The molecule has 3 rings (SSSR count). The Morgan fingerprint density at radius 2 is 1.90 bits per heavy atom. The van der Waals surface area contributed by atoms with Crippen molar-refractivity contribution in [2.45, 2.75) is 32.4 Å². The maximum Gasteiger partial charge on any atom is 0.251 e. The molecule has 1 N–H and O–H groups in total. The largest absolute Gasteiger partial charge is 0.351 e. The van der Waals surface area contributed by atoms with E-state index in [1.54, 1.807) is 35.6 Å². The molecule has 9 heteroatoms. The van der Waals surface area contributed by atoms with Gasteiger partial charge in [-0.25, -0.2) is 8.42 Å². The van der Waals surface area contributed by atoms with Gasteiger partial charge in [0.1, 0.15) is 0 Å². The fourth-order valence-corrected chi connectivity index (χ4v) is 5.20. The van der Waals surface area contributed by atoms with Gasteiger partial charge in [-0.15, -0.1) is 23.7 Å². The van der Waals surface area contributed by atoms with Crippen LogP contribution in [0.4, 0.5) is 5.69 Å². The molecular weight excluding hydrogens is 430 g/mol. The highest BCUT2D eigenvalue weighted by Gasteiger charge is 2.29. The normalized spacial score (nSPS) is 19.2. The summed E-state index contributed by atoms with van der Waals surface area (Å²) in [6, 6.07) is 9.61. The Morgan fingerprint density at radius 1 is 1.24 bits per heavy atom. The molecule has 1 aliphatic heterocycles. The Morgan fingerprint density at radius 3 is 2.52 bits per heavy atom. The molecule has 0 saturated heterocycles. The number of benzene rings is 1. The van der Waals surface area contributed by atoms with E-state index in [2.05, 4.69) is 35.5 Å². The first-order chi connectivity index (χ1) is 13.2. The van der Waals surface area contributed by atoms with Gasteiger partial charge in [-0.05, 0) is 61.5 Å². The third kappa shape index (κ3) is 5.31. The number of anilines is 1. The van der Waals surface area contributed by atoms with Gasteiger partial charge in [0, 0.05) is 42.7 Å². The standard InChI is InChI=1S/C20H27N3O3S2.ClH/c1-14-13-17-9-12-27-19(17)15(2)23(14)11-10-21-20(24)16-5-7-18(8-6-16)22(3)28(4,25)26;/h5-9,12,14-15H,10-11,13H2,1-4H3,(H,21,24);1H/t14-,15+;/m1./s1. The number of carbonyl (C=O) groups excluding carboxylic acids is 1. The van der Waals surface area contributed by atoms with E-state index in [1.165, 1.54) is 21.8 Å². The van der Waals surface area contributed by atoms with E-state index in [0.717, 1.165) is 19.2 Å². The number of rotatable bonds is 6. The molecule has 29 heavy (non-hydrogen) atoms. The number of nitrogens with zero attached hydrogens (tertiary/aromatic N) is 2. The Labute approximate surface area is 183 Å². The molecule has 0 fully saturated rings. The molecule has 2 heterocycles. The number of nitrogens with one attached hydrogen (secondary N) is 1. The van der Waals surface area contributed by atoms with Gasteiger partial charge in [0.25, 0.3) is 5.91 Å². The minimum Gasteiger partial charge on any atom is -0.351 e. The van der Waals surface area contributed by atoms with Crippen LogP contribution in [-0.2, 0) is 16.4 Å². The van der Waals surface area contributed by atoms with Crippen molar-refractivity contribution in [3.05, 3.63) is 51.7 Å². The minimum absolute atomic E-state index is 0. The maximum atomic E-state index is 12.4. The number of carbonyl (C=O) groups is 1. The summed E-state index contributed by atoms with van der Waals surface area (Å²) >= 11 is 1.81.